The van der Waals surface area contributed by atoms with Crippen molar-refractivity contribution in [2.24, 2.45) is 5.92 Å². The average molecular weight is 311 g/mol. The van der Waals surface area contributed by atoms with Crippen LogP contribution in [0.3, 0.4) is 0 Å². The molecule has 4 nitrogen and oxygen atoms in total. The van der Waals surface area contributed by atoms with Crippen molar-refractivity contribution in [1.29, 1.82) is 0 Å². The van der Waals surface area contributed by atoms with E-state index in [0.717, 1.165) is 25.0 Å². The fraction of sp³-hybridized carbons (Fsp3) is 0.500. The van der Waals surface area contributed by atoms with Crippen LogP contribution in [0.15, 0.2) is 18.2 Å². The number of hydrogen-bond acceptors (Lipinski definition) is 2. The number of rotatable bonds is 4. The van der Waals surface area contributed by atoms with Crippen LogP contribution in [0.5, 0.6) is 0 Å². The van der Waals surface area contributed by atoms with E-state index in [-0.39, 0.29) is 6.42 Å². The van der Waals surface area contributed by atoms with Gasteiger partial charge >= 0.3 is 5.97 Å². The number of carbonyl (C=O) groups is 2. The predicted molar refractivity (Wildman–Crippen MR) is 76.2 cm³/mol. The molecule has 0 saturated heterocycles. The molecule has 0 aromatic heterocycles. The Morgan fingerprint density at radius 1 is 1.27 bits per heavy atom. The van der Waals surface area contributed by atoms with Crippen molar-refractivity contribution >= 4 is 11.9 Å². The van der Waals surface area contributed by atoms with E-state index in [1.807, 2.05) is 0 Å². The van der Waals surface area contributed by atoms with Gasteiger partial charge in [-0.1, -0.05) is 13.0 Å². The first-order chi connectivity index (χ1) is 10.3. The molecule has 22 heavy (non-hydrogen) atoms. The number of hydrogen-bond donors (Lipinski definition) is 2. The molecule has 1 amide bonds. The summed E-state index contributed by atoms with van der Waals surface area (Å²) in [4.78, 5) is 23.6. The Morgan fingerprint density at radius 3 is 2.45 bits per heavy atom. The summed E-state index contributed by atoms with van der Waals surface area (Å²) in [6, 6.07) is 3.22. The first kappa shape index (κ1) is 16.4. The smallest absolute Gasteiger partial charge is 0.329 e. The predicted octanol–water partition coefficient (Wildman–Crippen LogP) is 2.66. The molecule has 0 atom stereocenters. The van der Waals surface area contributed by atoms with E-state index in [0.29, 0.717) is 24.3 Å². The van der Waals surface area contributed by atoms with Gasteiger partial charge in [0.15, 0.2) is 11.6 Å². The zero-order valence-corrected chi connectivity index (χ0v) is 12.4. The Balaban J connectivity index is 2.05. The number of carbonyl (C=O) groups excluding carboxylic acids is 1. The topological polar surface area (TPSA) is 66.4 Å². The Morgan fingerprint density at radius 2 is 1.91 bits per heavy atom. The highest BCUT2D eigenvalue weighted by molar-refractivity contribution is 5.88. The van der Waals surface area contributed by atoms with Crippen molar-refractivity contribution in [3.8, 4) is 0 Å². The molecule has 0 radical (unpaired) electrons. The van der Waals surface area contributed by atoms with E-state index >= 15 is 0 Å². The highest BCUT2D eigenvalue weighted by atomic mass is 19.2. The highest BCUT2D eigenvalue weighted by Crippen LogP contribution is 2.32. The maximum atomic E-state index is 13.1. The van der Waals surface area contributed by atoms with Gasteiger partial charge in [-0.15, -0.1) is 0 Å². The molecular formula is C16H19F2NO3. The van der Waals surface area contributed by atoms with Crippen LogP contribution in [-0.4, -0.2) is 22.5 Å². The molecule has 0 aliphatic heterocycles. The quantitative estimate of drug-likeness (QED) is 0.898. The van der Waals surface area contributed by atoms with E-state index in [1.165, 1.54) is 6.07 Å². The molecule has 0 spiro atoms. The van der Waals surface area contributed by atoms with E-state index in [4.69, 9.17) is 0 Å². The van der Waals surface area contributed by atoms with Gasteiger partial charge in [-0.05, 0) is 49.3 Å². The summed E-state index contributed by atoms with van der Waals surface area (Å²) in [6.07, 6.45) is 2.05. The molecule has 1 aliphatic rings. The van der Waals surface area contributed by atoms with Gasteiger partial charge in [0.05, 0.1) is 6.42 Å². The number of halogens is 2. The molecule has 120 valence electrons. The van der Waals surface area contributed by atoms with Gasteiger partial charge < -0.3 is 10.4 Å². The van der Waals surface area contributed by atoms with Crippen LogP contribution in [0.2, 0.25) is 0 Å². The maximum absolute atomic E-state index is 13.1. The third-order valence-corrected chi connectivity index (χ3v) is 4.26. The summed E-state index contributed by atoms with van der Waals surface area (Å²) in [7, 11) is 0. The van der Waals surface area contributed by atoms with Crippen molar-refractivity contribution in [1.82, 2.24) is 5.32 Å². The minimum atomic E-state index is -1.25. The summed E-state index contributed by atoms with van der Waals surface area (Å²) in [5.41, 5.74) is -0.941. The zero-order valence-electron chi connectivity index (χ0n) is 12.4. The number of carboxylic acid groups (broad SMARTS) is 1. The fourth-order valence-corrected chi connectivity index (χ4v) is 2.79. The Kier molecular flexibility index (Phi) is 4.78. The summed E-state index contributed by atoms with van der Waals surface area (Å²) >= 11 is 0. The van der Waals surface area contributed by atoms with E-state index in [9.17, 15) is 23.5 Å². The first-order valence-electron chi connectivity index (χ1n) is 7.31. The van der Waals surface area contributed by atoms with Crippen LogP contribution in [0.4, 0.5) is 8.78 Å². The van der Waals surface area contributed by atoms with Gasteiger partial charge in [0, 0.05) is 0 Å². The van der Waals surface area contributed by atoms with Crippen molar-refractivity contribution in [2.45, 2.75) is 44.6 Å². The first-order valence-corrected chi connectivity index (χ1v) is 7.31. The largest absolute Gasteiger partial charge is 0.480 e. The van der Waals surface area contributed by atoms with Crippen LogP contribution in [-0.2, 0) is 16.0 Å². The molecule has 6 heteroatoms. The van der Waals surface area contributed by atoms with E-state index in [1.54, 1.807) is 0 Å². The van der Waals surface area contributed by atoms with E-state index < -0.39 is 29.0 Å². The van der Waals surface area contributed by atoms with Crippen molar-refractivity contribution in [3.05, 3.63) is 35.4 Å². The van der Waals surface area contributed by atoms with Crippen molar-refractivity contribution < 1.29 is 23.5 Å². The number of aliphatic carboxylic acids is 1. The molecule has 2 N–H and O–H groups in total. The van der Waals surface area contributed by atoms with Gasteiger partial charge in [0.25, 0.3) is 0 Å². The van der Waals surface area contributed by atoms with Gasteiger partial charge in [0.2, 0.25) is 5.91 Å². The van der Waals surface area contributed by atoms with Crippen molar-refractivity contribution in [2.75, 3.05) is 0 Å². The minimum absolute atomic E-state index is 0.179. The summed E-state index contributed by atoms with van der Waals surface area (Å²) in [5, 5.41) is 12.0. The van der Waals surface area contributed by atoms with Gasteiger partial charge in [-0.3, -0.25) is 4.79 Å². The monoisotopic (exact) mass is 311 g/mol. The van der Waals surface area contributed by atoms with Crippen LogP contribution in [0.25, 0.3) is 0 Å². The molecule has 2 rings (SSSR count). The lowest BCUT2D eigenvalue weighted by molar-refractivity contribution is -0.149. The second kappa shape index (κ2) is 6.42. The maximum Gasteiger partial charge on any atom is 0.329 e. The summed E-state index contributed by atoms with van der Waals surface area (Å²) in [5.74, 6) is -3.10. The third-order valence-electron chi connectivity index (χ3n) is 4.26. The SMILES string of the molecule is CC1CCC(NC(=O)Cc2ccc(F)c(F)c2)(C(=O)O)CC1. The second-order valence-electron chi connectivity index (χ2n) is 6.04. The normalized spacial score (nSPS) is 24.8. The highest BCUT2D eigenvalue weighted by Gasteiger charge is 2.42. The lowest BCUT2D eigenvalue weighted by Gasteiger charge is -2.36. The molecule has 1 aliphatic carbocycles. The second-order valence-corrected chi connectivity index (χ2v) is 6.04. The number of amides is 1. The van der Waals surface area contributed by atoms with Crippen LogP contribution >= 0.6 is 0 Å². The lowest BCUT2D eigenvalue weighted by atomic mass is 9.77. The molecular weight excluding hydrogens is 292 g/mol. The fourth-order valence-electron chi connectivity index (χ4n) is 2.79. The molecule has 1 aromatic rings. The Bertz CT molecular complexity index is 581. The summed E-state index contributed by atoms with van der Waals surface area (Å²) < 4.78 is 26.0. The molecule has 0 heterocycles. The number of carboxylic acids is 1. The molecule has 1 aromatic carbocycles. The van der Waals surface area contributed by atoms with Crippen LogP contribution < -0.4 is 5.32 Å². The zero-order chi connectivity index (χ0) is 16.3. The van der Waals surface area contributed by atoms with Gasteiger partial charge in [0.1, 0.15) is 5.54 Å². The van der Waals surface area contributed by atoms with Crippen molar-refractivity contribution in [3.63, 3.8) is 0 Å². The molecule has 0 bridgehead atoms. The molecule has 0 unspecified atom stereocenters. The standard InChI is InChI=1S/C16H19F2NO3/c1-10-4-6-16(7-5-10,15(21)22)19-14(20)9-11-2-3-12(17)13(18)8-11/h2-3,8,10H,4-7,9H2,1H3,(H,19,20)(H,21,22). The number of benzene rings is 1. The average Bonchev–Trinajstić information content (AvgIpc) is 2.45. The van der Waals surface area contributed by atoms with Gasteiger partial charge in [-0.25, -0.2) is 13.6 Å². The van der Waals surface area contributed by atoms with E-state index in [2.05, 4.69) is 12.2 Å². The third kappa shape index (κ3) is 3.61. The van der Waals surface area contributed by atoms with Crippen LogP contribution in [0, 0.1) is 17.6 Å². The van der Waals surface area contributed by atoms with Gasteiger partial charge in [-0.2, -0.15) is 0 Å². The Hall–Kier alpha value is -1.98. The minimum Gasteiger partial charge on any atom is -0.480 e. The molecule has 1 saturated carbocycles. The lowest BCUT2D eigenvalue weighted by Crippen LogP contribution is -2.56. The summed E-state index contributed by atoms with van der Waals surface area (Å²) in [6.45, 7) is 2.05. The number of nitrogens with one attached hydrogen (secondary N) is 1. The Labute approximate surface area is 127 Å². The van der Waals surface area contributed by atoms with Crippen LogP contribution in [0.1, 0.15) is 38.2 Å². The molecule has 1 fully saturated rings.